The zero-order chi connectivity index (χ0) is 12.1. The second kappa shape index (κ2) is 5.84. The van der Waals surface area contributed by atoms with E-state index < -0.39 is 0 Å². The first-order valence-corrected chi connectivity index (χ1v) is 6.45. The van der Waals surface area contributed by atoms with Crippen LogP contribution in [0.1, 0.15) is 36.3 Å². The van der Waals surface area contributed by atoms with Gasteiger partial charge in [0.25, 0.3) is 0 Å². The van der Waals surface area contributed by atoms with Crippen molar-refractivity contribution in [3.63, 3.8) is 0 Å². The highest BCUT2D eigenvalue weighted by atomic mass is 15.1. The summed E-state index contributed by atoms with van der Waals surface area (Å²) in [6, 6.07) is 11.1. The van der Waals surface area contributed by atoms with Gasteiger partial charge in [0.1, 0.15) is 0 Å². The van der Waals surface area contributed by atoms with E-state index in [1.54, 1.807) is 0 Å². The molecule has 2 heteroatoms. The summed E-state index contributed by atoms with van der Waals surface area (Å²) in [4.78, 5) is 2.41. The van der Waals surface area contributed by atoms with E-state index in [4.69, 9.17) is 5.26 Å². The Balaban J connectivity index is 1.89. The van der Waals surface area contributed by atoms with Crippen molar-refractivity contribution < 1.29 is 0 Å². The summed E-state index contributed by atoms with van der Waals surface area (Å²) in [5.74, 6) is 0.716. The molecular weight excluding hydrogens is 208 g/mol. The molecule has 1 aliphatic heterocycles. The van der Waals surface area contributed by atoms with Crippen molar-refractivity contribution in [3.05, 3.63) is 35.4 Å². The van der Waals surface area contributed by atoms with Crippen LogP contribution in [0, 0.1) is 18.3 Å². The SMILES string of the molecule is Cc1cccc(C2CCN(CCC#N)CC2)c1. The fourth-order valence-corrected chi connectivity index (χ4v) is 2.62. The van der Waals surface area contributed by atoms with Gasteiger partial charge in [-0.1, -0.05) is 29.8 Å². The first-order chi connectivity index (χ1) is 8.29. The molecule has 2 rings (SSSR count). The van der Waals surface area contributed by atoms with Gasteiger partial charge in [0.15, 0.2) is 0 Å². The fraction of sp³-hybridized carbons (Fsp3) is 0.533. The molecule has 0 saturated carbocycles. The van der Waals surface area contributed by atoms with Gasteiger partial charge in [-0.3, -0.25) is 0 Å². The molecule has 0 unspecified atom stereocenters. The van der Waals surface area contributed by atoms with Crippen molar-refractivity contribution in [2.45, 2.75) is 32.1 Å². The van der Waals surface area contributed by atoms with Crippen LogP contribution < -0.4 is 0 Å². The maximum Gasteiger partial charge on any atom is 0.0635 e. The van der Waals surface area contributed by atoms with Gasteiger partial charge in [-0.15, -0.1) is 0 Å². The van der Waals surface area contributed by atoms with Crippen molar-refractivity contribution in [2.75, 3.05) is 19.6 Å². The third kappa shape index (κ3) is 3.31. The third-order valence-corrected chi connectivity index (χ3v) is 3.64. The molecule has 1 aromatic rings. The molecule has 0 spiro atoms. The van der Waals surface area contributed by atoms with E-state index in [-0.39, 0.29) is 0 Å². The maximum atomic E-state index is 8.58. The molecule has 0 radical (unpaired) electrons. The van der Waals surface area contributed by atoms with Crippen molar-refractivity contribution in [3.8, 4) is 6.07 Å². The van der Waals surface area contributed by atoms with Crippen LogP contribution in [0.25, 0.3) is 0 Å². The molecule has 2 nitrogen and oxygen atoms in total. The lowest BCUT2D eigenvalue weighted by Gasteiger charge is -2.31. The second-order valence-electron chi connectivity index (χ2n) is 4.94. The number of likely N-dealkylation sites (tertiary alicyclic amines) is 1. The Morgan fingerprint density at radius 3 is 2.76 bits per heavy atom. The fourth-order valence-electron chi connectivity index (χ4n) is 2.62. The molecule has 1 aliphatic rings. The van der Waals surface area contributed by atoms with E-state index in [2.05, 4.69) is 42.2 Å². The molecule has 17 heavy (non-hydrogen) atoms. The quantitative estimate of drug-likeness (QED) is 0.795. The lowest BCUT2D eigenvalue weighted by atomic mass is 9.89. The summed E-state index contributed by atoms with van der Waals surface area (Å²) in [7, 11) is 0. The molecule has 1 aromatic carbocycles. The van der Waals surface area contributed by atoms with E-state index in [1.165, 1.54) is 24.0 Å². The third-order valence-electron chi connectivity index (χ3n) is 3.64. The average Bonchev–Trinajstić information content (AvgIpc) is 2.37. The molecule has 90 valence electrons. The Morgan fingerprint density at radius 1 is 1.35 bits per heavy atom. The minimum Gasteiger partial charge on any atom is -0.302 e. The molecular formula is C15H20N2. The summed E-state index contributed by atoms with van der Waals surface area (Å²) >= 11 is 0. The van der Waals surface area contributed by atoms with Crippen molar-refractivity contribution >= 4 is 0 Å². The number of aryl methyl sites for hydroxylation is 1. The highest BCUT2D eigenvalue weighted by molar-refractivity contribution is 5.25. The largest absolute Gasteiger partial charge is 0.302 e. The number of hydrogen-bond donors (Lipinski definition) is 0. The van der Waals surface area contributed by atoms with Crippen molar-refractivity contribution in [2.24, 2.45) is 0 Å². The van der Waals surface area contributed by atoms with E-state index >= 15 is 0 Å². The monoisotopic (exact) mass is 228 g/mol. The number of piperidine rings is 1. The minimum atomic E-state index is 0.662. The second-order valence-corrected chi connectivity index (χ2v) is 4.94. The Hall–Kier alpha value is -1.33. The summed E-state index contributed by atoms with van der Waals surface area (Å²) in [5, 5.41) is 8.58. The number of rotatable bonds is 3. The van der Waals surface area contributed by atoms with Gasteiger partial charge in [-0.2, -0.15) is 5.26 Å². The van der Waals surface area contributed by atoms with E-state index in [1.807, 2.05) is 0 Å². The lowest BCUT2D eigenvalue weighted by Crippen LogP contribution is -2.33. The normalized spacial score (nSPS) is 17.9. The predicted octanol–water partition coefficient (Wildman–Crippen LogP) is 3.09. The predicted molar refractivity (Wildman–Crippen MR) is 69.8 cm³/mol. The van der Waals surface area contributed by atoms with E-state index in [0.29, 0.717) is 12.3 Å². The highest BCUT2D eigenvalue weighted by Gasteiger charge is 2.19. The molecule has 0 bridgehead atoms. The highest BCUT2D eigenvalue weighted by Crippen LogP contribution is 2.28. The number of hydrogen-bond acceptors (Lipinski definition) is 2. The summed E-state index contributed by atoms with van der Waals surface area (Å²) in [6.45, 7) is 5.38. The standard InChI is InChI=1S/C15H20N2/c1-13-4-2-5-15(12-13)14-6-10-17(11-7-14)9-3-8-16/h2,4-5,12,14H,3,6-7,9-11H2,1H3. The first-order valence-electron chi connectivity index (χ1n) is 6.45. The molecule has 0 aromatic heterocycles. The first kappa shape index (κ1) is 12.1. The topological polar surface area (TPSA) is 27.0 Å². The average molecular weight is 228 g/mol. The molecule has 0 N–H and O–H groups in total. The van der Waals surface area contributed by atoms with Crippen LogP contribution in [0.3, 0.4) is 0 Å². The molecule has 0 aliphatic carbocycles. The van der Waals surface area contributed by atoms with Crippen LogP contribution in [-0.4, -0.2) is 24.5 Å². The van der Waals surface area contributed by atoms with Crippen LogP contribution in [0.2, 0.25) is 0 Å². The maximum absolute atomic E-state index is 8.58. The van der Waals surface area contributed by atoms with Gasteiger partial charge >= 0.3 is 0 Å². The molecule has 1 fully saturated rings. The molecule has 1 heterocycles. The van der Waals surface area contributed by atoms with Crippen LogP contribution in [-0.2, 0) is 0 Å². The lowest BCUT2D eigenvalue weighted by molar-refractivity contribution is 0.216. The van der Waals surface area contributed by atoms with Gasteiger partial charge in [0, 0.05) is 13.0 Å². The Labute approximate surface area is 104 Å². The zero-order valence-electron chi connectivity index (χ0n) is 10.5. The zero-order valence-corrected chi connectivity index (χ0v) is 10.5. The smallest absolute Gasteiger partial charge is 0.0635 e. The number of nitriles is 1. The van der Waals surface area contributed by atoms with E-state index in [9.17, 15) is 0 Å². The number of benzene rings is 1. The summed E-state index contributed by atoms with van der Waals surface area (Å²) in [5.41, 5.74) is 2.85. The van der Waals surface area contributed by atoms with Crippen LogP contribution >= 0.6 is 0 Å². The van der Waals surface area contributed by atoms with Gasteiger partial charge in [-0.05, 0) is 44.3 Å². The van der Waals surface area contributed by atoms with Crippen LogP contribution in [0.5, 0.6) is 0 Å². The van der Waals surface area contributed by atoms with Gasteiger partial charge in [0.05, 0.1) is 6.07 Å². The summed E-state index contributed by atoms with van der Waals surface area (Å²) in [6.07, 6.45) is 3.12. The van der Waals surface area contributed by atoms with E-state index in [0.717, 1.165) is 19.6 Å². The Kier molecular flexibility index (Phi) is 4.17. The van der Waals surface area contributed by atoms with Crippen LogP contribution in [0.15, 0.2) is 24.3 Å². The molecule has 0 amide bonds. The van der Waals surface area contributed by atoms with Crippen molar-refractivity contribution in [1.29, 1.82) is 5.26 Å². The van der Waals surface area contributed by atoms with Gasteiger partial charge in [-0.25, -0.2) is 0 Å². The Morgan fingerprint density at radius 2 is 2.12 bits per heavy atom. The molecule has 1 saturated heterocycles. The van der Waals surface area contributed by atoms with Gasteiger partial charge in [0.2, 0.25) is 0 Å². The Bertz CT molecular complexity index is 398. The molecule has 0 atom stereocenters. The van der Waals surface area contributed by atoms with Gasteiger partial charge < -0.3 is 4.90 Å². The van der Waals surface area contributed by atoms with Crippen LogP contribution in [0.4, 0.5) is 0 Å². The minimum absolute atomic E-state index is 0.662. The summed E-state index contributed by atoms with van der Waals surface area (Å²) < 4.78 is 0. The van der Waals surface area contributed by atoms with Crippen molar-refractivity contribution in [1.82, 2.24) is 4.90 Å². The number of nitrogens with zero attached hydrogens (tertiary/aromatic N) is 2.